The van der Waals surface area contributed by atoms with Gasteiger partial charge in [0.1, 0.15) is 5.82 Å². The second-order valence-electron chi connectivity index (χ2n) is 5.41. The lowest BCUT2D eigenvalue weighted by molar-refractivity contribution is -0.127. The number of hydrogen-bond acceptors (Lipinski definition) is 2. The molecule has 2 N–H and O–H groups in total. The van der Waals surface area contributed by atoms with Crippen molar-refractivity contribution in [3.63, 3.8) is 0 Å². The molecule has 1 amide bonds. The number of carbonyl (C=O) groups is 1. The van der Waals surface area contributed by atoms with Crippen molar-refractivity contribution in [3.05, 3.63) is 41.7 Å². The molecule has 1 unspecified atom stereocenters. The van der Waals surface area contributed by atoms with Crippen LogP contribution in [-0.2, 0) is 4.79 Å². The number of benzene rings is 1. The zero-order valence-corrected chi connectivity index (χ0v) is 11.8. The average molecular weight is 276 g/mol. The molecule has 1 atom stereocenters. The van der Waals surface area contributed by atoms with Crippen molar-refractivity contribution in [3.8, 4) is 0 Å². The van der Waals surface area contributed by atoms with Gasteiger partial charge in [-0.3, -0.25) is 4.79 Å². The minimum absolute atomic E-state index is 0.0115. The second-order valence-corrected chi connectivity index (χ2v) is 5.41. The highest BCUT2D eigenvalue weighted by Gasteiger charge is 2.23. The molecule has 0 aromatic heterocycles. The maximum Gasteiger partial charge on any atom is 0.246 e. The van der Waals surface area contributed by atoms with E-state index in [9.17, 15) is 9.18 Å². The van der Waals surface area contributed by atoms with Crippen molar-refractivity contribution in [1.29, 1.82) is 0 Å². The van der Waals surface area contributed by atoms with Gasteiger partial charge in [0.2, 0.25) is 5.91 Å². The van der Waals surface area contributed by atoms with Crippen molar-refractivity contribution in [2.45, 2.75) is 25.8 Å². The standard InChI is InChI=1S/C16H21FN2O/c1-12(18)14-8-10-19(11-9-14)16(20)7-4-13-2-5-15(17)6-3-13/h2-7,12,14H,8-11,18H2,1H3. The van der Waals surface area contributed by atoms with Crippen LogP contribution in [0.1, 0.15) is 25.3 Å². The van der Waals surface area contributed by atoms with E-state index in [1.54, 1.807) is 24.3 Å². The largest absolute Gasteiger partial charge is 0.339 e. The Kier molecular flexibility index (Phi) is 4.90. The molecule has 0 saturated carbocycles. The van der Waals surface area contributed by atoms with E-state index in [0.717, 1.165) is 31.5 Å². The third kappa shape index (κ3) is 3.90. The van der Waals surface area contributed by atoms with Crippen LogP contribution in [-0.4, -0.2) is 29.9 Å². The van der Waals surface area contributed by atoms with Crippen LogP contribution in [0.4, 0.5) is 4.39 Å². The molecule has 1 saturated heterocycles. The van der Waals surface area contributed by atoms with E-state index < -0.39 is 0 Å². The number of hydrogen-bond donors (Lipinski definition) is 1. The van der Waals surface area contributed by atoms with E-state index in [-0.39, 0.29) is 17.8 Å². The van der Waals surface area contributed by atoms with Crippen LogP contribution in [0.25, 0.3) is 6.08 Å². The van der Waals surface area contributed by atoms with Crippen LogP contribution in [0.3, 0.4) is 0 Å². The minimum Gasteiger partial charge on any atom is -0.339 e. The minimum atomic E-state index is -0.272. The van der Waals surface area contributed by atoms with E-state index in [4.69, 9.17) is 5.73 Å². The molecule has 4 heteroatoms. The summed E-state index contributed by atoms with van der Waals surface area (Å²) in [5, 5.41) is 0. The highest BCUT2D eigenvalue weighted by molar-refractivity contribution is 5.91. The number of halogens is 1. The van der Waals surface area contributed by atoms with Crippen LogP contribution in [0.15, 0.2) is 30.3 Å². The number of likely N-dealkylation sites (tertiary alicyclic amines) is 1. The third-order valence-electron chi connectivity index (χ3n) is 3.88. The van der Waals surface area contributed by atoms with Gasteiger partial charge in [-0.2, -0.15) is 0 Å². The van der Waals surface area contributed by atoms with Crippen molar-refractivity contribution >= 4 is 12.0 Å². The van der Waals surface area contributed by atoms with Gasteiger partial charge in [-0.05, 0) is 49.5 Å². The molecule has 108 valence electrons. The van der Waals surface area contributed by atoms with Gasteiger partial charge >= 0.3 is 0 Å². The van der Waals surface area contributed by atoms with Gasteiger partial charge in [0, 0.05) is 25.2 Å². The quantitative estimate of drug-likeness (QED) is 0.862. The van der Waals surface area contributed by atoms with E-state index >= 15 is 0 Å². The Morgan fingerprint density at radius 2 is 1.95 bits per heavy atom. The zero-order valence-electron chi connectivity index (χ0n) is 11.8. The number of nitrogens with zero attached hydrogens (tertiary/aromatic N) is 1. The summed E-state index contributed by atoms with van der Waals surface area (Å²) < 4.78 is 12.8. The Morgan fingerprint density at radius 3 is 2.50 bits per heavy atom. The Labute approximate surface area is 119 Å². The summed E-state index contributed by atoms with van der Waals surface area (Å²) in [6, 6.07) is 6.28. The topological polar surface area (TPSA) is 46.3 Å². The fourth-order valence-corrected chi connectivity index (χ4v) is 2.49. The summed E-state index contributed by atoms with van der Waals surface area (Å²) in [5.74, 6) is 0.254. The second kappa shape index (κ2) is 6.66. The van der Waals surface area contributed by atoms with Gasteiger partial charge in [0.15, 0.2) is 0 Å². The number of rotatable bonds is 3. The van der Waals surface area contributed by atoms with Crippen molar-refractivity contribution in [2.24, 2.45) is 11.7 Å². The molecule has 2 rings (SSSR count). The Morgan fingerprint density at radius 1 is 1.35 bits per heavy atom. The third-order valence-corrected chi connectivity index (χ3v) is 3.88. The van der Waals surface area contributed by atoms with E-state index in [0.29, 0.717) is 5.92 Å². The molecule has 3 nitrogen and oxygen atoms in total. The van der Waals surface area contributed by atoms with Crippen LogP contribution in [0.2, 0.25) is 0 Å². The van der Waals surface area contributed by atoms with Crippen molar-refractivity contribution < 1.29 is 9.18 Å². The fraction of sp³-hybridized carbons (Fsp3) is 0.438. The predicted octanol–water partition coefficient (Wildman–Crippen LogP) is 2.42. The van der Waals surface area contributed by atoms with Crippen LogP contribution < -0.4 is 5.73 Å². The van der Waals surface area contributed by atoms with Gasteiger partial charge in [-0.25, -0.2) is 4.39 Å². The molecule has 0 radical (unpaired) electrons. The molecule has 1 heterocycles. The van der Waals surface area contributed by atoms with Gasteiger partial charge in [-0.15, -0.1) is 0 Å². The summed E-state index contributed by atoms with van der Waals surface area (Å²) in [7, 11) is 0. The number of piperidine rings is 1. The monoisotopic (exact) mass is 276 g/mol. The molecule has 0 bridgehead atoms. The van der Waals surface area contributed by atoms with Crippen molar-refractivity contribution in [2.75, 3.05) is 13.1 Å². The van der Waals surface area contributed by atoms with E-state index in [2.05, 4.69) is 0 Å². The molecule has 0 spiro atoms. The maximum absolute atomic E-state index is 12.8. The molecule has 1 aromatic carbocycles. The Hall–Kier alpha value is -1.68. The smallest absolute Gasteiger partial charge is 0.246 e. The zero-order chi connectivity index (χ0) is 14.5. The SMILES string of the molecule is CC(N)C1CCN(C(=O)C=Cc2ccc(F)cc2)CC1. The van der Waals surface area contributed by atoms with Crippen LogP contribution in [0, 0.1) is 11.7 Å². The lowest BCUT2D eigenvalue weighted by Gasteiger charge is -2.33. The summed E-state index contributed by atoms with van der Waals surface area (Å²) in [4.78, 5) is 13.9. The van der Waals surface area contributed by atoms with Crippen LogP contribution in [0.5, 0.6) is 0 Å². The summed E-state index contributed by atoms with van der Waals surface area (Å²) in [5.41, 5.74) is 6.71. The van der Waals surface area contributed by atoms with Gasteiger partial charge in [-0.1, -0.05) is 12.1 Å². The Balaban J connectivity index is 1.88. The number of amides is 1. The molecule has 1 aromatic rings. The first kappa shape index (κ1) is 14.7. The molecular formula is C16H21FN2O. The molecule has 1 fully saturated rings. The maximum atomic E-state index is 12.8. The molecule has 1 aliphatic heterocycles. The lowest BCUT2D eigenvalue weighted by atomic mass is 9.91. The molecule has 1 aliphatic rings. The van der Waals surface area contributed by atoms with Gasteiger partial charge in [0.25, 0.3) is 0 Å². The molecular weight excluding hydrogens is 255 g/mol. The normalized spacial score (nSPS) is 18.4. The highest BCUT2D eigenvalue weighted by atomic mass is 19.1. The summed E-state index contributed by atoms with van der Waals surface area (Å²) >= 11 is 0. The first-order chi connectivity index (χ1) is 9.56. The molecule has 20 heavy (non-hydrogen) atoms. The van der Waals surface area contributed by atoms with Gasteiger partial charge in [0.05, 0.1) is 0 Å². The van der Waals surface area contributed by atoms with E-state index in [1.807, 2.05) is 11.8 Å². The number of carbonyl (C=O) groups excluding carboxylic acids is 1. The first-order valence-corrected chi connectivity index (χ1v) is 7.04. The van der Waals surface area contributed by atoms with Crippen molar-refractivity contribution in [1.82, 2.24) is 4.90 Å². The average Bonchev–Trinajstić information content (AvgIpc) is 2.46. The first-order valence-electron chi connectivity index (χ1n) is 7.04. The van der Waals surface area contributed by atoms with Gasteiger partial charge < -0.3 is 10.6 Å². The Bertz CT molecular complexity index is 474. The fourth-order valence-electron chi connectivity index (χ4n) is 2.49. The molecule has 0 aliphatic carbocycles. The summed E-state index contributed by atoms with van der Waals surface area (Å²) in [6.45, 7) is 3.55. The van der Waals surface area contributed by atoms with E-state index in [1.165, 1.54) is 12.1 Å². The van der Waals surface area contributed by atoms with Crippen LogP contribution >= 0.6 is 0 Å². The summed E-state index contributed by atoms with van der Waals surface area (Å²) in [6.07, 6.45) is 5.21. The lowest BCUT2D eigenvalue weighted by Crippen LogP contribution is -2.41. The highest BCUT2D eigenvalue weighted by Crippen LogP contribution is 2.19. The predicted molar refractivity (Wildman–Crippen MR) is 78.4 cm³/mol. The number of nitrogens with two attached hydrogens (primary N) is 1.